The first-order valence-electron chi connectivity index (χ1n) is 9.18. The zero-order valence-electron chi connectivity index (χ0n) is 15.5. The predicted molar refractivity (Wildman–Crippen MR) is 102 cm³/mol. The summed E-state index contributed by atoms with van der Waals surface area (Å²) in [6.45, 7) is 2.89. The van der Waals surface area contributed by atoms with Crippen molar-refractivity contribution in [2.75, 3.05) is 6.54 Å². The Morgan fingerprint density at radius 3 is 2.86 bits per heavy atom. The van der Waals surface area contributed by atoms with Crippen LogP contribution in [0.1, 0.15) is 38.9 Å². The van der Waals surface area contributed by atoms with Crippen LogP contribution in [0.4, 0.5) is 0 Å². The van der Waals surface area contributed by atoms with Gasteiger partial charge in [-0.05, 0) is 18.8 Å². The van der Waals surface area contributed by atoms with E-state index >= 15 is 0 Å². The number of benzene rings is 1. The fourth-order valence-electron chi connectivity index (χ4n) is 3.57. The van der Waals surface area contributed by atoms with E-state index < -0.39 is 5.91 Å². The smallest absolute Gasteiger partial charge is 0.273 e. The second-order valence-electron chi connectivity index (χ2n) is 6.94. The number of primary amides is 1. The number of carbonyl (C=O) groups is 2. The number of rotatable bonds is 5. The summed E-state index contributed by atoms with van der Waals surface area (Å²) in [5.41, 5.74) is 7.79. The third-order valence-electron chi connectivity index (χ3n) is 4.98. The van der Waals surface area contributed by atoms with Crippen LogP contribution in [0, 0.1) is 12.8 Å². The molecule has 0 bridgehead atoms. The lowest BCUT2D eigenvalue weighted by Crippen LogP contribution is -2.34. The standard InChI is InChI=1S/C20H21N5O3/c1-12-24-17(18(28-12)14-5-3-2-4-6-14)20(27)22-10-13-7-8-25-16(9-13)15(11-23-25)19(21)26/h2-6,11,13H,7-10H2,1H3,(H2,21,26)(H,22,27)/t13-/m0/s1. The monoisotopic (exact) mass is 379 g/mol. The third-order valence-corrected chi connectivity index (χ3v) is 4.98. The number of fused-ring (bicyclic) bond motifs is 1. The minimum Gasteiger partial charge on any atom is -0.440 e. The molecule has 8 nitrogen and oxygen atoms in total. The van der Waals surface area contributed by atoms with Crippen LogP contribution in [0.2, 0.25) is 0 Å². The van der Waals surface area contributed by atoms with Gasteiger partial charge in [-0.1, -0.05) is 30.3 Å². The molecule has 0 fully saturated rings. The van der Waals surface area contributed by atoms with E-state index in [1.807, 2.05) is 35.0 Å². The number of aryl methyl sites for hydroxylation is 2. The Kier molecular flexibility index (Phi) is 4.68. The van der Waals surface area contributed by atoms with E-state index in [0.717, 1.165) is 17.7 Å². The van der Waals surface area contributed by atoms with Crippen molar-refractivity contribution in [3.05, 3.63) is 59.4 Å². The Morgan fingerprint density at radius 1 is 1.32 bits per heavy atom. The number of nitrogens with one attached hydrogen (secondary N) is 1. The van der Waals surface area contributed by atoms with E-state index in [9.17, 15) is 9.59 Å². The topological polar surface area (TPSA) is 116 Å². The number of oxazole rings is 1. The van der Waals surface area contributed by atoms with Crippen LogP contribution in [0.5, 0.6) is 0 Å². The lowest BCUT2D eigenvalue weighted by atomic mass is 9.94. The Balaban J connectivity index is 1.46. The molecule has 3 heterocycles. The molecule has 3 aromatic rings. The molecular formula is C20H21N5O3. The highest BCUT2D eigenvalue weighted by Crippen LogP contribution is 2.25. The van der Waals surface area contributed by atoms with Crippen LogP contribution in [0.3, 0.4) is 0 Å². The van der Waals surface area contributed by atoms with E-state index in [0.29, 0.717) is 36.7 Å². The van der Waals surface area contributed by atoms with E-state index in [1.54, 1.807) is 6.92 Å². The van der Waals surface area contributed by atoms with Crippen molar-refractivity contribution in [3.63, 3.8) is 0 Å². The van der Waals surface area contributed by atoms with Gasteiger partial charge in [0.15, 0.2) is 17.3 Å². The maximum Gasteiger partial charge on any atom is 0.273 e. The summed E-state index contributed by atoms with van der Waals surface area (Å²) in [6.07, 6.45) is 3.02. The van der Waals surface area contributed by atoms with Crippen molar-refractivity contribution in [3.8, 4) is 11.3 Å². The second-order valence-corrected chi connectivity index (χ2v) is 6.94. The number of aromatic nitrogens is 3. The molecule has 144 valence electrons. The summed E-state index contributed by atoms with van der Waals surface area (Å²) >= 11 is 0. The highest BCUT2D eigenvalue weighted by Gasteiger charge is 2.26. The Bertz CT molecular complexity index is 1020. The molecule has 0 unspecified atom stereocenters. The number of carbonyl (C=O) groups excluding carboxylic acids is 2. The molecular weight excluding hydrogens is 358 g/mol. The van der Waals surface area contributed by atoms with Crippen LogP contribution < -0.4 is 11.1 Å². The number of amides is 2. The molecule has 1 aliphatic heterocycles. The van der Waals surface area contributed by atoms with Crippen molar-refractivity contribution >= 4 is 11.8 Å². The van der Waals surface area contributed by atoms with Crippen molar-refractivity contribution in [2.24, 2.45) is 11.7 Å². The van der Waals surface area contributed by atoms with E-state index in [4.69, 9.17) is 10.2 Å². The van der Waals surface area contributed by atoms with Gasteiger partial charge in [-0.15, -0.1) is 0 Å². The predicted octanol–water partition coefficient (Wildman–Crippen LogP) is 1.94. The number of hydrogen-bond donors (Lipinski definition) is 2. The van der Waals surface area contributed by atoms with E-state index in [-0.39, 0.29) is 17.5 Å². The molecule has 1 aromatic carbocycles. The first kappa shape index (κ1) is 18.0. The maximum atomic E-state index is 12.7. The molecule has 8 heteroatoms. The molecule has 0 radical (unpaired) electrons. The Hall–Kier alpha value is -3.42. The fraction of sp³-hybridized carbons (Fsp3) is 0.300. The SMILES string of the molecule is Cc1nc(C(=O)NC[C@H]2CCn3ncc(C(N)=O)c3C2)c(-c2ccccc2)o1. The second kappa shape index (κ2) is 7.30. The van der Waals surface area contributed by atoms with E-state index in [1.165, 1.54) is 6.20 Å². The zero-order valence-corrected chi connectivity index (χ0v) is 15.5. The summed E-state index contributed by atoms with van der Waals surface area (Å²) in [6, 6.07) is 9.43. The van der Waals surface area contributed by atoms with Gasteiger partial charge in [0.25, 0.3) is 11.8 Å². The molecule has 28 heavy (non-hydrogen) atoms. The summed E-state index contributed by atoms with van der Waals surface area (Å²) in [7, 11) is 0. The van der Waals surface area contributed by atoms with Gasteiger partial charge < -0.3 is 15.5 Å². The van der Waals surface area contributed by atoms with Crippen LogP contribution in [-0.4, -0.2) is 33.1 Å². The number of nitrogens with two attached hydrogens (primary N) is 1. The lowest BCUT2D eigenvalue weighted by Gasteiger charge is -2.24. The van der Waals surface area contributed by atoms with Gasteiger partial charge in [-0.25, -0.2) is 4.98 Å². The van der Waals surface area contributed by atoms with Crippen LogP contribution in [-0.2, 0) is 13.0 Å². The van der Waals surface area contributed by atoms with Gasteiger partial charge in [-0.3, -0.25) is 14.3 Å². The lowest BCUT2D eigenvalue weighted by molar-refractivity contribution is 0.0937. The maximum absolute atomic E-state index is 12.7. The van der Waals surface area contributed by atoms with Gasteiger partial charge in [0.05, 0.1) is 17.5 Å². The normalized spacial score (nSPS) is 15.8. The summed E-state index contributed by atoms with van der Waals surface area (Å²) in [5.74, 6) is 0.353. The third kappa shape index (κ3) is 3.40. The van der Waals surface area contributed by atoms with Crippen LogP contribution in [0.15, 0.2) is 40.9 Å². The van der Waals surface area contributed by atoms with Gasteiger partial charge >= 0.3 is 0 Å². The first-order valence-corrected chi connectivity index (χ1v) is 9.18. The van der Waals surface area contributed by atoms with Crippen molar-refractivity contribution in [1.82, 2.24) is 20.1 Å². The Labute approximate surface area is 161 Å². The Morgan fingerprint density at radius 2 is 2.11 bits per heavy atom. The minimum atomic E-state index is -0.475. The zero-order chi connectivity index (χ0) is 19.7. The minimum absolute atomic E-state index is 0.194. The van der Waals surface area contributed by atoms with Gasteiger partial charge in [0, 0.05) is 25.6 Å². The quantitative estimate of drug-likeness (QED) is 0.703. The molecule has 2 amide bonds. The summed E-state index contributed by atoms with van der Waals surface area (Å²) in [4.78, 5) is 28.5. The average molecular weight is 379 g/mol. The van der Waals surface area contributed by atoms with Gasteiger partial charge in [-0.2, -0.15) is 5.10 Å². The first-order chi connectivity index (χ1) is 13.5. The number of nitrogens with zero attached hydrogens (tertiary/aromatic N) is 3. The highest BCUT2D eigenvalue weighted by molar-refractivity contribution is 5.97. The highest BCUT2D eigenvalue weighted by atomic mass is 16.4. The van der Waals surface area contributed by atoms with Crippen molar-refractivity contribution in [2.45, 2.75) is 26.3 Å². The largest absolute Gasteiger partial charge is 0.440 e. The molecule has 0 saturated heterocycles. The van der Waals surface area contributed by atoms with Crippen LogP contribution >= 0.6 is 0 Å². The molecule has 2 aromatic heterocycles. The molecule has 0 aliphatic carbocycles. The van der Waals surface area contributed by atoms with Gasteiger partial charge in [0.2, 0.25) is 0 Å². The summed E-state index contributed by atoms with van der Waals surface area (Å²) < 4.78 is 7.47. The molecule has 0 spiro atoms. The molecule has 1 aliphatic rings. The van der Waals surface area contributed by atoms with Crippen molar-refractivity contribution < 1.29 is 14.0 Å². The van der Waals surface area contributed by atoms with Crippen LogP contribution in [0.25, 0.3) is 11.3 Å². The van der Waals surface area contributed by atoms with Crippen molar-refractivity contribution in [1.29, 1.82) is 0 Å². The fourth-order valence-corrected chi connectivity index (χ4v) is 3.57. The average Bonchev–Trinajstić information content (AvgIpc) is 3.30. The molecule has 3 N–H and O–H groups in total. The molecule has 1 atom stereocenters. The van der Waals surface area contributed by atoms with Gasteiger partial charge in [0.1, 0.15) is 0 Å². The number of hydrogen-bond acceptors (Lipinski definition) is 5. The summed E-state index contributed by atoms with van der Waals surface area (Å²) in [5, 5.41) is 7.17. The molecule has 0 saturated carbocycles. The van der Waals surface area contributed by atoms with E-state index in [2.05, 4.69) is 15.4 Å². The molecule has 4 rings (SSSR count).